The van der Waals surface area contributed by atoms with Crippen LogP contribution in [0.3, 0.4) is 0 Å². The molecule has 0 unspecified atom stereocenters. The maximum absolute atomic E-state index is 4.67. The van der Waals surface area contributed by atoms with Crippen LogP contribution in [0.1, 0.15) is 57.8 Å². The lowest BCUT2D eigenvalue weighted by molar-refractivity contribution is 0.496. The van der Waals surface area contributed by atoms with Gasteiger partial charge in [-0.2, -0.15) is 5.10 Å². The molecule has 0 spiro atoms. The van der Waals surface area contributed by atoms with Crippen LogP contribution in [0.25, 0.3) is 0 Å². The first-order valence-electron chi connectivity index (χ1n) is 5.60. The Kier molecular flexibility index (Phi) is 2.17. The van der Waals surface area contributed by atoms with Crippen molar-refractivity contribution in [3.8, 4) is 0 Å². The van der Waals surface area contributed by atoms with Gasteiger partial charge in [-0.25, -0.2) is 0 Å². The molecule has 1 saturated carbocycles. The molecule has 0 aromatic carbocycles. The molecule has 1 aliphatic rings. The van der Waals surface area contributed by atoms with E-state index in [1.165, 1.54) is 24.2 Å². The SMILES string of the molecule is CCn1nc(C2CC2)cc1C(C)(C)C. The van der Waals surface area contributed by atoms with Crippen LogP contribution in [-0.4, -0.2) is 9.78 Å². The number of nitrogens with zero attached hydrogens (tertiary/aromatic N) is 2. The molecule has 0 bridgehead atoms. The van der Waals surface area contributed by atoms with Gasteiger partial charge in [-0.3, -0.25) is 4.68 Å². The van der Waals surface area contributed by atoms with Crippen molar-refractivity contribution in [1.29, 1.82) is 0 Å². The largest absolute Gasteiger partial charge is 0.269 e. The molecule has 0 saturated heterocycles. The van der Waals surface area contributed by atoms with E-state index < -0.39 is 0 Å². The average molecular weight is 192 g/mol. The van der Waals surface area contributed by atoms with Crippen LogP contribution in [0.5, 0.6) is 0 Å². The van der Waals surface area contributed by atoms with Gasteiger partial charge in [0.05, 0.1) is 5.69 Å². The van der Waals surface area contributed by atoms with Gasteiger partial charge in [0.15, 0.2) is 0 Å². The number of hydrogen-bond acceptors (Lipinski definition) is 1. The summed E-state index contributed by atoms with van der Waals surface area (Å²) in [6, 6.07) is 2.31. The molecule has 2 rings (SSSR count). The van der Waals surface area contributed by atoms with Crippen molar-refractivity contribution < 1.29 is 0 Å². The summed E-state index contributed by atoms with van der Waals surface area (Å²) in [5.41, 5.74) is 2.91. The van der Waals surface area contributed by atoms with E-state index in [1.54, 1.807) is 0 Å². The fourth-order valence-electron chi connectivity index (χ4n) is 1.86. The zero-order chi connectivity index (χ0) is 10.3. The summed E-state index contributed by atoms with van der Waals surface area (Å²) in [6.07, 6.45) is 2.68. The van der Waals surface area contributed by atoms with Crippen molar-refractivity contribution in [3.63, 3.8) is 0 Å². The lowest BCUT2D eigenvalue weighted by atomic mass is 9.91. The molecule has 2 heteroatoms. The van der Waals surface area contributed by atoms with Crippen molar-refractivity contribution in [2.45, 2.75) is 58.4 Å². The van der Waals surface area contributed by atoms with E-state index in [4.69, 9.17) is 0 Å². The summed E-state index contributed by atoms with van der Waals surface area (Å²) in [4.78, 5) is 0. The first kappa shape index (κ1) is 9.75. The van der Waals surface area contributed by atoms with Crippen LogP contribution < -0.4 is 0 Å². The van der Waals surface area contributed by atoms with Crippen LogP contribution in [0.2, 0.25) is 0 Å². The molecule has 1 fully saturated rings. The van der Waals surface area contributed by atoms with E-state index >= 15 is 0 Å². The Balaban J connectivity index is 2.37. The van der Waals surface area contributed by atoms with Gasteiger partial charge in [0.1, 0.15) is 0 Å². The fraction of sp³-hybridized carbons (Fsp3) is 0.750. The minimum Gasteiger partial charge on any atom is -0.269 e. The Morgan fingerprint density at radius 1 is 1.43 bits per heavy atom. The lowest BCUT2D eigenvalue weighted by Crippen LogP contribution is -2.17. The van der Waals surface area contributed by atoms with Gasteiger partial charge < -0.3 is 0 Å². The Hall–Kier alpha value is -0.790. The van der Waals surface area contributed by atoms with Gasteiger partial charge in [0.2, 0.25) is 0 Å². The molecule has 2 nitrogen and oxygen atoms in total. The molecular weight excluding hydrogens is 172 g/mol. The molecular formula is C12H20N2. The third-order valence-corrected chi connectivity index (χ3v) is 2.86. The van der Waals surface area contributed by atoms with Crippen molar-refractivity contribution in [2.75, 3.05) is 0 Å². The average Bonchev–Trinajstić information content (AvgIpc) is 2.83. The fourth-order valence-corrected chi connectivity index (χ4v) is 1.86. The van der Waals surface area contributed by atoms with E-state index in [1.807, 2.05) is 0 Å². The van der Waals surface area contributed by atoms with Crippen LogP contribution in [-0.2, 0) is 12.0 Å². The second-order valence-electron chi connectivity index (χ2n) is 5.29. The summed E-state index contributed by atoms with van der Waals surface area (Å²) in [7, 11) is 0. The van der Waals surface area contributed by atoms with Gasteiger partial charge in [-0.15, -0.1) is 0 Å². The van der Waals surface area contributed by atoms with E-state index in [0.29, 0.717) is 0 Å². The lowest BCUT2D eigenvalue weighted by Gasteiger charge is -2.19. The molecule has 14 heavy (non-hydrogen) atoms. The van der Waals surface area contributed by atoms with Crippen molar-refractivity contribution >= 4 is 0 Å². The Morgan fingerprint density at radius 3 is 2.43 bits per heavy atom. The van der Waals surface area contributed by atoms with Crippen molar-refractivity contribution in [3.05, 3.63) is 17.5 Å². The highest BCUT2D eigenvalue weighted by molar-refractivity contribution is 5.23. The summed E-state index contributed by atoms with van der Waals surface area (Å²) in [5.74, 6) is 0.767. The van der Waals surface area contributed by atoms with Gasteiger partial charge in [0, 0.05) is 23.6 Å². The van der Waals surface area contributed by atoms with Crippen LogP contribution in [0.15, 0.2) is 6.07 Å². The Morgan fingerprint density at radius 2 is 2.07 bits per heavy atom. The third kappa shape index (κ3) is 1.70. The number of rotatable bonds is 2. The summed E-state index contributed by atoms with van der Waals surface area (Å²) in [5, 5.41) is 4.67. The molecule has 0 atom stereocenters. The quantitative estimate of drug-likeness (QED) is 0.704. The molecule has 1 aromatic rings. The van der Waals surface area contributed by atoms with Crippen LogP contribution in [0, 0.1) is 0 Å². The van der Waals surface area contributed by atoms with Crippen LogP contribution in [0.4, 0.5) is 0 Å². The molecule has 0 aliphatic heterocycles. The normalized spacial score (nSPS) is 17.4. The van der Waals surface area contributed by atoms with Crippen LogP contribution >= 0.6 is 0 Å². The predicted molar refractivity (Wildman–Crippen MR) is 58.6 cm³/mol. The molecule has 0 amide bonds. The smallest absolute Gasteiger partial charge is 0.0658 e. The molecule has 0 radical (unpaired) electrons. The molecule has 1 heterocycles. The molecule has 78 valence electrons. The predicted octanol–water partition coefficient (Wildman–Crippen LogP) is 3.08. The summed E-state index contributed by atoms with van der Waals surface area (Å²) < 4.78 is 2.16. The summed E-state index contributed by atoms with van der Waals surface area (Å²) >= 11 is 0. The number of aryl methyl sites for hydroxylation is 1. The van der Waals surface area contributed by atoms with Crippen molar-refractivity contribution in [1.82, 2.24) is 9.78 Å². The minimum atomic E-state index is 0.218. The molecule has 0 N–H and O–H groups in total. The van der Waals surface area contributed by atoms with E-state index in [0.717, 1.165) is 12.5 Å². The van der Waals surface area contributed by atoms with E-state index in [9.17, 15) is 0 Å². The highest BCUT2D eigenvalue weighted by atomic mass is 15.3. The van der Waals surface area contributed by atoms with Gasteiger partial charge in [-0.1, -0.05) is 20.8 Å². The van der Waals surface area contributed by atoms with E-state index in [-0.39, 0.29) is 5.41 Å². The number of hydrogen-bond donors (Lipinski definition) is 0. The Labute approximate surface area is 86.3 Å². The number of aromatic nitrogens is 2. The minimum absolute atomic E-state index is 0.218. The first-order chi connectivity index (χ1) is 6.52. The second kappa shape index (κ2) is 3.11. The van der Waals surface area contributed by atoms with Gasteiger partial charge in [-0.05, 0) is 25.8 Å². The third-order valence-electron chi connectivity index (χ3n) is 2.86. The monoisotopic (exact) mass is 192 g/mol. The second-order valence-corrected chi connectivity index (χ2v) is 5.29. The van der Waals surface area contributed by atoms with Gasteiger partial charge >= 0.3 is 0 Å². The van der Waals surface area contributed by atoms with Crippen molar-refractivity contribution in [2.24, 2.45) is 0 Å². The zero-order valence-corrected chi connectivity index (χ0v) is 9.67. The first-order valence-corrected chi connectivity index (χ1v) is 5.60. The van der Waals surface area contributed by atoms with Gasteiger partial charge in [0.25, 0.3) is 0 Å². The maximum atomic E-state index is 4.67. The topological polar surface area (TPSA) is 17.8 Å². The molecule has 1 aliphatic carbocycles. The standard InChI is InChI=1S/C12H20N2/c1-5-14-11(12(2,3)4)8-10(13-14)9-6-7-9/h8-9H,5-7H2,1-4H3. The summed E-state index contributed by atoms with van der Waals surface area (Å²) in [6.45, 7) is 9.92. The Bertz CT molecular complexity index is 327. The highest BCUT2D eigenvalue weighted by Crippen LogP contribution is 2.40. The molecule has 1 aromatic heterocycles. The maximum Gasteiger partial charge on any atom is 0.0658 e. The zero-order valence-electron chi connectivity index (χ0n) is 9.67. The van der Waals surface area contributed by atoms with E-state index in [2.05, 4.69) is 43.5 Å². The highest BCUT2D eigenvalue weighted by Gasteiger charge is 2.29.